The minimum Gasteiger partial charge on any atom is -0.253 e. The van der Waals surface area contributed by atoms with Gasteiger partial charge in [-0.1, -0.05) is 0 Å². The predicted molar refractivity (Wildman–Crippen MR) is 91.7 cm³/mol. The molecule has 2 saturated heterocycles. The quantitative estimate of drug-likeness (QED) is 0.588. The molecule has 0 aromatic heterocycles. The standard InChI is InChI=1S/C8H18Cl3N6P3/c1-16-6-4-5-12-20(16)14-18(9,10)13-19(11,15-20)17-7-2-3-8-17/h12H,2-8H2,1H3/t19-,20-/m1/s1. The van der Waals surface area contributed by atoms with Crippen LogP contribution in [0.15, 0.2) is 13.5 Å². The summed E-state index contributed by atoms with van der Waals surface area (Å²) >= 11 is 19.6. The molecule has 0 bridgehead atoms. The van der Waals surface area contributed by atoms with Crippen LogP contribution in [0.4, 0.5) is 0 Å². The Labute approximate surface area is 134 Å². The fourth-order valence-corrected chi connectivity index (χ4v) is 18.1. The van der Waals surface area contributed by atoms with Gasteiger partial charge in [-0.3, -0.25) is 5.09 Å². The van der Waals surface area contributed by atoms with Crippen molar-refractivity contribution in [1.29, 1.82) is 0 Å². The predicted octanol–water partition coefficient (Wildman–Crippen LogP) is 5.58. The highest BCUT2D eigenvalue weighted by Crippen LogP contribution is 2.84. The second-order valence-electron chi connectivity index (χ2n) is 5.09. The van der Waals surface area contributed by atoms with Crippen LogP contribution in [0, 0.1) is 0 Å². The average molecular weight is 398 g/mol. The van der Waals surface area contributed by atoms with Crippen molar-refractivity contribution in [3.05, 3.63) is 0 Å². The fraction of sp³-hybridized carbons (Fsp3) is 1.00. The smallest absolute Gasteiger partial charge is 0.253 e. The third kappa shape index (κ3) is 3.07. The summed E-state index contributed by atoms with van der Waals surface area (Å²) in [6.45, 7) is 1.13. The van der Waals surface area contributed by atoms with E-state index < -0.39 is 20.1 Å². The molecular weight excluding hydrogens is 379 g/mol. The number of nitrogens with one attached hydrogen (secondary N) is 1. The van der Waals surface area contributed by atoms with Crippen molar-refractivity contribution in [2.24, 2.45) is 13.5 Å². The maximum Gasteiger partial charge on any atom is 0.257 e. The van der Waals surface area contributed by atoms with Crippen LogP contribution >= 0.6 is 53.8 Å². The number of hydrogen-bond donors (Lipinski definition) is 1. The van der Waals surface area contributed by atoms with Gasteiger partial charge in [0.05, 0.1) is 0 Å². The SMILES string of the molecule is CN1CCCN[P@]12=NP(Cl)(Cl)=N[P@@](Cl)(N1CCCC1)=N2. The highest BCUT2D eigenvalue weighted by atomic mass is 35.9. The molecule has 0 aliphatic carbocycles. The molecule has 0 aromatic carbocycles. The topological polar surface area (TPSA) is 55.6 Å². The Bertz CT molecular complexity index is 566. The van der Waals surface area contributed by atoms with Crippen molar-refractivity contribution in [3.63, 3.8) is 0 Å². The van der Waals surface area contributed by atoms with Gasteiger partial charge in [-0.25, -0.2) is 9.34 Å². The lowest BCUT2D eigenvalue weighted by Crippen LogP contribution is -2.33. The van der Waals surface area contributed by atoms with E-state index in [0.29, 0.717) is 0 Å². The number of hydrogen-bond acceptors (Lipinski definition) is 6. The maximum absolute atomic E-state index is 6.82. The normalized spacial score (nSPS) is 42.0. The maximum atomic E-state index is 6.82. The molecule has 1 spiro atoms. The average Bonchev–Trinajstić information content (AvgIpc) is 2.85. The van der Waals surface area contributed by atoms with Crippen LogP contribution in [0.5, 0.6) is 0 Å². The lowest BCUT2D eigenvalue weighted by atomic mass is 10.4. The summed E-state index contributed by atoms with van der Waals surface area (Å²) in [5.41, 5.74) is 0. The zero-order valence-electron chi connectivity index (χ0n) is 11.2. The number of rotatable bonds is 1. The molecule has 20 heavy (non-hydrogen) atoms. The first-order valence-corrected chi connectivity index (χ1v) is 14.3. The van der Waals surface area contributed by atoms with Crippen LogP contribution in [0.3, 0.4) is 0 Å². The van der Waals surface area contributed by atoms with Gasteiger partial charge in [0.25, 0.3) is 5.91 Å². The van der Waals surface area contributed by atoms with Gasteiger partial charge in [0.1, 0.15) is 0 Å². The number of halogens is 3. The summed E-state index contributed by atoms with van der Waals surface area (Å²) in [6, 6.07) is 0. The van der Waals surface area contributed by atoms with Gasteiger partial charge in [0, 0.05) is 26.2 Å². The summed E-state index contributed by atoms with van der Waals surface area (Å²) in [5, 5.41) is 3.44. The van der Waals surface area contributed by atoms with Crippen molar-refractivity contribution >= 4 is 53.8 Å². The molecule has 0 saturated carbocycles. The van der Waals surface area contributed by atoms with Gasteiger partial charge >= 0.3 is 0 Å². The van der Waals surface area contributed by atoms with Crippen molar-refractivity contribution in [2.45, 2.75) is 19.3 Å². The lowest BCUT2D eigenvalue weighted by molar-refractivity contribution is 0.479. The van der Waals surface area contributed by atoms with E-state index in [2.05, 4.69) is 23.5 Å². The first kappa shape index (κ1) is 16.3. The van der Waals surface area contributed by atoms with Crippen molar-refractivity contribution < 1.29 is 0 Å². The molecule has 1 N–H and O–H groups in total. The van der Waals surface area contributed by atoms with E-state index in [-0.39, 0.29) is 0 Å². The Kier molecular flexibility index (Phi) is 4.74. The summed E-state index contributed by atoms with van der Waals surface area (Å²) in [5.74, 6) is -2.76. The molecule has 12 heteroatoms. The molecule has 3 aliphatic heterocycles. The Balaban J connectivity index is 2.14. The molecule has 116 valence electrons. The Morgan fingerprint density at radius 3 is 2.30 bits per heavy atom. The Morgan fingerprint density at radius 1 is 0.950 bits per heavy atom. The first-order chi connectivity index (χ1) is 9.35. The molecule has 3 rings (SSSR count). The second kappa shape index (κ2) is 5.82. The third-order valence-corrected chi connectivity index (χ3v) is 16.3. The Hall–Kier alpha value is 1.44. The highest BCUT2D eigenvalue weighted by molar-refractivity contribution is 8.15. The van der Waals surface area contributed by atoms with E-state index in [1.165, 1.54) is 0 Å². The molecule has 3 aliphatic rings. The van der Waals surface area contributed by atoms with Gasteiger partial charge < -0.3 is 0 Å². The molecule has 6 nitrogen and oxygen atoms in total. The van der Waals surface area contributed by atoms with Crippen molar-refractivity contribution in [1.82, 2.24) is 14.4 Å². The minimum absolute atomic E-state index is 0.871. The largest absolute Gasteiger partial charge is 0.257 e. The van der Waals surface area contributed by atoms with Crippen LogP contribution < -0.4 is 5.09 Å². The molecule has 3 heterocycles. The van der Waals surface area contributed by atoms with Gasteiger partial charge in [-0.05, 0) is 60.0 Å². The monoisotopic (exact) mass is 396 g/mol. The van der Waals surface area contributed by atoms with Crippen LogP contribution in [0.2, 0.25) is 0 Å². The first-order valence-electron chi connectivity index (χ1n) is 6.58. The summed E-state index contributed by atoms with van der Waals surface area (Å²) in [6.07, 6.45) is 3.32. The van der Waals surface area contributed by atoms with Gasteiger partial charge in [-0.2, -0.15) is 13.5 Å². The van der Waals surface area contributed by atoms with Crippen LogP contribution in [0.25, 0.3) is 0 Å². The van der Waals surface area contributed by atoms with E-state index in [9.17, 15) is 0 Å². The van der Waals surface area contributed by atoms with Crippen molar-refractivity contribution in [2.75, 3.05) is 33.2 Å². The number of nitrogens with zero attached hydrogens (tertiary/aromatic N) is 5. The van der Waals surface area contributed by atoms with E-state index >= 15 is 0 Å². The lowest BCUT2D eigenvalue weighted by Gasteiger charge is -2.40. The third-order valence-electron chi connectivity index (χ3n) is 3.59. The minimum atomic E-state index is -2.76. The molecule has 2 atom stereocenters. The zero-order valence-corrected chi connectivity index (χ0v) is 16.1. The molecule has 0 unspecified atom stereocenters. The fourth-order valence-electron chi connectivity index (χ4n) is 2.56. The van der Waals surface area contributed by atoms with E-state index in [0.717, 1.165) is 45.4 Å². The molecule has 0 amide bonds. The molecule has 0 radical (unpaired) electrons. The highest BCUT2D eigenvalue weighted by Gasteiger charge is 2.41. The summed E-state index contributed by atoms with van der Waals surface area (Å²) < 4.78 is 18.3. The van der Waals surface area contributed by atoms with E-state index in [1.807, 2.05) is 7.05 Å². The molecule has 2 fully saturated rings. The summed E-state index contributed by atoms with van der Waals surface area (Å²) in [4.78, 5) is 0. The summed E-state index contributed by atoms with van der Waals surface area (Å²) in [7, 11) is -0.259. The van der Waals surface area contributed by atoms with Crippen LogP contribution in [0.1, 0.15) is 19.3 Å². The van der Waals surface area contributed by atoms with E-state index in [1.54, 1.807) is 0 Å². The van der Waals surface area contributed by atoms with Gasteiger partial charge in [0.15, 0.2) is 0 Å². The second-order valence-corrected chi connectivity index (χ2v) is 16.5. The molecular formula is C8H18Cl3N6P3. The van der Waals surface area contributed by atoms with Crippen molar-refractivity contribution in [3.8, 4) is 0 Å². The van der Waals surface area contributed by atoms with Crippen LogP contribution in [-0.2, 0) is 0 Å². The Morgan fingerprint density at radius 2 is 1.65 bits per heavy atom. The molecule has 0 aromatic rings. The van der Waals surface area contributed by atoms with E-state index in [4.69, 9.17) is 38.2 Å². The van der Waals surface area contributed by atoms with Gasteiger partial charge in [0.2, 0.25) is 14.2 Å². The van der Waals surface area contributed by atoms with Gasteiger partial charge in [-0.15, -0.1) is 0 Å². The van der Waals surface area contributed by atoms with Crippen LogP contribution in [-0.4, -0.2) is 42.6 Å². The zero-order chi connectivity index (χ0) is 14.4.